The van der Waals surface area contributed by atoms with Gasteiger partial charge in [-0.3, -0.25) is 4.79 Å². The maximum atomic E-state index is 12.1. The Kier molecular flexibility index (Phi) is 4.86. The second-order valence-corrected chi connectivity index (χ2v) is 4.90. The van der Waals surface area contributed by atoms with Crippen molar-refractivity contribution in [2.45, 2.75) is 18.9 Å². The fourth-order valence-electron chi connectivity index (χ4n) is 2.20. The van der Waals surface area contributed by atoms with E-state index in [2.05, 4.69) is 20.9 Å². The number of aromatic nitrogens is 3. The van der Waals surface area contributed by atoms with Crippen LogP contribution in [0, 0.1) is 0 Å². The van der Waals surface area contributed by atoms with Gasteiger partial charge < -0.3 is 15.5 Å². The number of carbonyl (C=O) groups excluding carboxylic acids is 1. The van der Waals surface area contributed by atoms with Gasteiger partial charge in [0, 0.05) is 20.1 Å². The Balaban J connectivity index is 1.97. The van der Waals surface area contributed by atoms with E-state index >= 15 is 0 Å². The minimum absolute atomic E-state index is 0.0737. The molecule has 106 valence electrons. The summed E-state index contributed by atoms with van der Waals surface area (Å²) in [4.78, 5) is 13.8. The van der Waals surface area contributed by atoms with Crippen LogP contribution in [0.1, 0.15) is 29.4 Å². The van der Waals surface area contributed by atoms with Crippen LogP contribution in [0.25, 0.3) is 0 Å². The molecule has 0 atom stereocenters. The Hall–Kier alpha value is -1.47. The second-order valence-electron chi connectivity index (χ2n) is 4.90. The van der Waals surface area contributed by atoms with Gasteiger partial charge in [0.1, 0.15) is 0 Å². The number of nitrogens with one attached hydrogen (secondary N) is 2. The highest BCUT2D eigenvalue weighted by Gasteiger charge is 2.20. The van der Waals surface area contributed by atoms with E-state index in [-0.39, 0.29) is 5.91 Å². The molecule has 1 aliphatic heterocycles. The number of hydrogen-bond donors (Lipinski definition) is 2. The average Bonchev–Trinajstić information content (AvgIpc) is 2.94. The highest BCUT2D eigenvalue weighted by molar-refractivity contribution is 5.91. The smallest absolute Gasteiger partial charge is 0.275 e. The Morgan fingerprint density at radius 1 is 1.58 bits per heavy atom. The van der Waals surface area contributed by atoms with Crippen LogP contribution in [-0.2, 0) is 0 Å². The van der Waals surface area contributed by atoms with Crippen LogP contribution in [0.2, 0.25) is 0 Å². The Morgan fingerprint density at radius 2 is 2.32 bits per heavy atom. The van der Waals surface area contributed by atoms with Crippen molar-refractivity contribution < 1.29 is 4.79 Å². The molecule has 0 aliphatic carbocycles. The number of nitrogens with zero attached hydrogens (tertiary/aromatic N) is 4. The second kappa shape index (κ2) is 6.63. The van der Waals surface area contributed by atoms with E-state index < -0.39 is 0 Å². The number of carbonyl (C=O) groups is 1. The predicted octanol–water partition coefficient (Wildman–Crippen LogP) is -0.506. The summed E-state index contributed by atoms with van der Waals surface area (Å²) < 4.78 is 1.83. The number of amides is 1. The third kappa shape index (κ3) is 3.51. The zero-order chi connectivity index (χ0) is 13.7. The summed E-state index contributed by atoms with van der Waals surface area (Å²) in [7, 11) is 3.65. The predicted molar refractivity (Wildman–Crippen MR) is 72.0 cm³/mol. The quantitative estimate of drug-likeness (QED) is 0.751. The molecule has 2 rings (SSSR count). The van der Waals surface area contributed by atoms with Crippen molar-refractivity contribution in [3.8, 4) is 0 Å². The van der Waals surface area contributed by atoms with E-state index in [9.17, 15) is 4.79 Å². The molecule has 1 saturated heterocycles. The lowest BCUT2D eigenvalue weighted by Gasteiger charge is -2.22. The highest BCUT2D eigenvalue weighted by Crippen LogP contribution is 2.17. The standard InChI is InChI=1S/C12H22N6O/c1-13-7-8-17(2)12(19)11-9-18(16-15-11)10-3-5-14-6-4-10/h9-10,13-14H,3-8H2,1-2H3. The molecule has 0 aromatic carbocycles. The van der Waals surface area contributed by atoms with Gasteiger partial charge in [-0.1, -0.05) is 5.21 Å². The highest BCUT2D eigenvalue weighted by atomic mass is 16.2. The molecular formula is C12H22N6O. The largest absolute Gasteiger partial charge is 0.339 e. The van der Waals surface area contributed by atoms with Crippen LogP contribution >= 0.6 is 0 Å². The molecule has 1 aromatic rings. The molecule has 1 aliphatic rings. The topological polar surface area (TPSA) is 75.1 Å². The molecule has 1 amide bonds. The Morgan fingerprint density at radius 3 is 3.00 bits per heavy atom. The van der Waals surface area contributed by atoms with Gasteiger partial charge in [0.15, 0.2) is 5.69 Å². The first-order valence-electron chi connectivity index (χ1n) is 6.75. The van der Waals surface area contributed by atoms with E-state index in [0.29, 0.717) is 18.3 Å². The monoisotopic (exact) mass is 266 g/mol. The first kappa shape index (κ1) is 14.0. The van der Waals surface area contributed by atoms with Crippen molar-refractivity contribution in [3.63, 3.8) is 0 Å². The molecule has 2 N–H and O–H groups in total. The van der Waals surface area contributed by atoms with E-state index in [1.54, 1.807) is 18.1 Å². The summed E-state index contributed by atoms with van der Waals surface area (Å²) in [5.74, 6) is -0.0737. The Bertz CT molecular complexity index is 412. The third-order valence-corrected chi connectivity index (χ3v) is 3.46. The summed E-state index contributed by atoms with van der Waals surface area (Å²) in [6.07, 6.45) is 3.84. The molecule has 0 saturated carbocycles. The van der Waals surface area contributed by atoms with Crippen LogP contribution in [0.15, 0.2) is 6.20 Å². The number of hydrogen-bond acceptors (Lipinski definition) is 5. The van der Waals surface area contributed by atoms with Crippen LogP contribution in [0.4, 0.5) is 0 Å². The molecular weight excluding hydrogens is 244 g/mol. The summed E-state index contributed by atoms with van der Waals surface area (Å²) in [6.45, 7) is 3.42. The molecule has 1 aromatic heterocycles. The molecule has 1 fully saturated rings. The van der Waals surface area contributed by atoms with E-state index in [1.165, 1.54) is 0 Å². The van der Waals surface area contributed by atoms with Crippen molar-refractivity contribution in [3.05, 3.63) is 11.9 Å². The minimum Gasteiger partial charge on any atom is -0.339 e. The van der Waals surface area contributed by atoms with Gasteiger partial charge in [-0.05, 0) is 33.0 Å². The Labute approximate surface area is 113 Å². The average molecular weight is 266 g/mol. The van der Waals surface area contributed by atoms with Crippen molar-refractivity contribution in [1.82, 2.24) is 30.5 Å². The molecule has 2 heterocycles. The van der Waals surface area contributed by atoms with Crippen LogP contribution < -0.4 is 10.6 Å². The van der Waals surface area contributed by atoms with Crippen LogP contribution in [0.3, 0.4) is 0 Å². The van der Waals surface area contributed by atoms with Crippen LogP contribution in [-0.4, -0.2) is 66.1 Å². The lowest BCUT2D eigenvalue weighted by molar-refractivity contribution is 0.0791. The summed E-state index contributed by atoms with van der Waals surface area (Å²) in [5.41, 5.74) is 0.428. The van der Waals surface area contributed by atoms with Gasteiger partial charge in [-0.15, -0.1) is 5.10 Å². The summed E-state index contributed by atoms with van der Waals surface area (Å²) in [5, 5.41) is 14.4. The van der Waals surface area contributed by atoms with Crippen molar-refractivity contribution in [2.75, 3.05) is 40.3 Å². The molecule has 0 bridgehead atoms. The van der Waals surface area contributed by atoms with Gasteiger partial charge in [0.2, 0.25) is 0 Å². The van der Waals surface area contributed by atoms with Crippen LogP contribution in [0.5, 0.6) is 0 Å². The lowest BCUT2D eigenvalue weighted by atomic mass is 10.1. The number of rotatable bonds is 5. The minimum atomic E-state index is -0.0737. The van der Waals surface area contributed by atoms with Gasteiger partial charge >= 0.3 is 0 Å². The molecule has 19 heavy (non-hydrogen) atoms. The number of piperidine rings is 1. The zero-order valence-corrected chi connectivity index (χ0v) is 11.6. The maximum Gasteiger partial charge on any atom is 0.275 e. The first-order valence-corrected chi connectivity index (χ1v) is 6.75. The lowest BCUT2D eigenvalue weighted by Crippen LogP contribution is -2.33. The summed E-state index contributed by atoms with van der Waals surface area (Å²) in [6, 6.07) is 0.359. The molecule has 0 spiro atoms. The van der Waals surface area contributed by atoms with E-state index in [1.807, 2.05) is 11.7 Å². The van der Waals surface area contributed by atoms with Gasteiger partial charge in [0.25, 0.3) is 5.91 Å². The molecule has 0 unspecified atom stereocenters. The van der Waals surface area contributed by atoms with E-state index in [4.69, 9.17) is 0 Å². The molecule has 0 radical (unpaired) electrons. The maximum absolute atomic E-state index is 12.1. The van der Waals surface area contributed by atoms with Gasteiger partial charge in [-0.2, -0.15) is 0 Å². The fourth-order valence-corrected chi connectivity index (χ4v) is 2.20. The molecule has 7 heteroatoms. The number of likely N-dealkylation sites (N-methyl/N-ethyl adjacent to an activating group) is 2. The van der Waals surface area contributed by atoms with Crippen molar-refractivity contribution in [2.24, 2.45) is 0 Å². The van der Waals surface area contributed by atoms with Gasteiger partial charge in [-0.25, -0.2) is 4.68 Å². The SMILES string of the molecule is CNCCN(C)C(=O)c1cn(C2CCNCC2)nn1. The van der Waals surface area contributed by atoms with Gasteiger partial charge in [0.05, 0.1) is 12.2 Å². The van der Waals surface area contributed by atoms with Crippen molar-refractivity contribution in [1.29, 1.82) is 0 Å². The van der Waals surface area contributed by atoms with E-state index in [0.717, 1.165) is 32.5 Å². The third-order valence-electron chi connectivity index (χ3n) is 3.46. The fraction of sp³-hybridized carbons (Fsp3) is 0.750. The first-order chi connectivity index (χ1) is 9.22. The van der Waals surface area contributed by atoms with Crippen molar-refractivity contribution >= 4 is 5.91 Å². The zero-order valence-electron chi connectivity index (χ0n) is 11.6. The molecule has 7 nitrogen and oxygen atoms in total. The summed E-state index contributed by atoms with van der Waals surface area (Å²) >= 11 is 0. The normalized spacial score (nSPS) is 16.5.